The fraction of sp³-hybridized carbons (Fsp3) is 0.615. The van der Waals surface area contributed by atoms with Gasteiger partial charge in [-0.25, -0.2) is 9.59 Å². The maximum Gasteiger partial charge on any atom is 0.411 e. The van der Waals surface area contributed by atoms with Gasteiger partial charge in [-0.3, -0.25) is 14.5 Å². The Balaban J connectivity index is 1.64. The molecule has 1 aliphatic heterocycles. The average molecular weight is 504 g/mol. The van der Waals surface area contributed by atoms with Gasteiger partial charge in [-0.15, -0.1) is 0 Å². The van der Waals surface area contributed by atoms with Crippen molar-refractivity contribution >= 4 is 24.1 Å². The fourth-order valence-corrected chi connectivity index (χ4v) is 4.62. The third-order valence-electron chi connectivity index (χ3n) is 6.84. The summed E-state index contributed by atoms with van der Waals surface area (Å²) in [4.78, 5) is 51.9. The van der Waals surface area contributed by atoms with Crippen LogP contribution in [0.3, 0.4) is 0 Å². The third-order valence-corrected chi connectivity index (χ3v) is 6.84. The second-order valence-electron chi connectivity index (χ2n) is 11.0. The van der Waals surface area contributed by atoms with E-state index in [-0.39, 0.29) is 43.4 Å². The summed E-state index contributed by atoms with van der Waals surface area (Å²) in [7, 11) is 1.35. The van der Waals surface area contributed by atoms with Crippen molar-refractivity contribution in [2.75, 3.05) is 13.7 Å². The maximum absolute atomic E-state index is 13.3. The van der Waals surface area contributed by atoms with Crippen molar-refractivity contribution in [2.24, 2.45) is 11.3 Å². The van der Waals surface area contributed by atoms with Gasteiger partial charge >= 0.3 is 18.2 Å². The molecule has 1 aromatic rings. The Hall–Kier alpha value is -3.30. The summed E-state index contributed by atoms with van der Waals surface area (Å²) >= 11 is 0. The molecule has 0 spiro atoms. The summed E-state index contributed by atoms with van der Waals surface area (Å²) in [5, 5.41) is 5.74. The normalized spacial score (nSPS) is 24.8. The first-order valence-electron chi connectivity index (χ1n) is 12.2. The van der Waals surface area contributed by atoms with Gasteiger partial charge in [0.2, 0.25) is 5.91 Å². The highest BCUT2D eigenvalue weighted by Gasteiger charge is 2.54. The lowest BCUT2D eigenvalue weighted by atomic mass is 9.58. The van der Waals surface area contributed by atoms with E-state index >= 15 is 0 Å². The molecule has 3 rings (SSSR count). The fourth-order valence-electron chi connectivity index (χ4n) is 4.62. The first-order valence-corrected chi connectivity index (χ1v) is 12.2. The number of esters is 1. The lowest BCUT2D eigenvalue weighted by Gasteiger charge is -2.50. The molecule has 10 nitrogen and oxygen atoms in total. The monoisotopic (exact) mass is 503 g/mol. The SMILES string of the molecule is COC(=O)[C@H]1C[C@@H](NC(=O)[C@@H]2C[C@H](NC(=O)OCc3ccccc3)CN2C(=O)OC(C)(C)C)C1(C)C. The van der Waals surface area contributed by atoms with Gasteiger partial charge in [-0.1, -0.05) is 44.2 Å². The highest BCUT2D eigenvalue weighted by Crippen LogP contribution is 2.47. The van der Waals surface area contributed by atoms with E-state index in [1.807, 2.05) is 44.2 Å². The largest absolute Gasteiger partial charge is 0.469 e. The molecular formula is C26H37N3O7. The molecular weight excluding hydrogens is 466 g/mol. The van der Waals surface area contributed by atoms with Gasteiger partial charge in [0.1, 0.15) is 18.2 Å². The van der Waals surface area contributed by atoms with Crippen LogP contribution in [0.4, 0.5) is 9.59 Å². The second-order valence-corrected chi connectivity index (χ2v) is 11.0. The van der Waals surface area contributed by atoms with Crippen molar-refractivity contribution in [3.8, 4) is 0 Å². The lowest BCUT2D eigenvalue weighted by Crippen LogP contribution is -2.62. The van der Waals surface area contributed by atoms with Gasteiger partial charge in [0.25, 0.3) is 0 Å². The molecule has 10 heteroatoms. The Morgan fingerprint density at radius 3 is 2.31 bits per heavy atom. The Kier molecular flexibility index (Phi) is 8.15. The van der Waals surface area contributed by atoms with Crippen molar-refractivity contribution in [3.05, 3.63) is 35.9 Å². The first-order chi connectivity index (χ1) is 16.8. The van der Waals surface area contributed by atoms with E-state index in [0.29, 0.717) is 6.42 Å². The van der Waals surface area contributed by atoms with E-state index in [4.69, 9.17) is 14.2 Å². The second kappa shape index (κ2) is 10.8. The molecule has 2 fully saturated rings. The number of nitrogens with one attached hydrogen (secondary N) is 2. The minimum Gasteiger partial charge on any atom is -0.469 e. The summed E-state index contributed by atoms with van der Waals surface area (Å²) in [6.45, 7) is 9.25. The first kappa shape index (κ1) is 27.3. The van der Waals surface area contributed by atoms with Gasteiger partial charge in [0, 0.05) is 12.6 Å². The van der Waals surface area contributed by atoms with E-state index in [2.05, 4.69) is 10.6 Å². The molecule has 2 N–H and O–H groups in total. The number of alkyl carbamates (subject to hydrolysis) is 1. The van der Waals surface area contributed by atoms with E-state index in [1.165, 1.54) is 12.0 Å². The van der Waals surface area contributed by atoms with Crippen molar-refractivity contribution in [3.63, 3.8) is 0 Å². The number of hydrogen-bond acceptors (Lipinski definition) is 7. The summed E-state index contributed by atoms with van der Waals surface area (Å²) in [6, 6.07) is 7.69. The van der Waals surface area contributed by atoms with Crippen LogP contribution in [0, 0.1) is 11.3 Å². The third kappa shape index (κ3) is 6.47. The van der Waals surface area contributed by atoms with Crippen molar-refractivity contribution in [1.82, 2.24) is 15.5 Å². The van der Waals surface area contributed by atoms with Crippen LogP contribution in [-0.2, 0) is 30.4 Å². The molecule has 0 bridgehead atoms. The van der Waals surface area contributed by atoms with Gasteiger partial charge in [-0.05, 0) is 44.6 Å². The molecule has 4 atom stereocenters. The molecule has 1 saturated heterocycles. The molecule has 1 heterocycles. The molecule has 0 radical (unpaired) electrons. The molecule has 1 saturated carbocycles. The molecule has 1 aliphatic carbocycles. The number of nitrogens with zero attached hydrogens (tertiary/aromatic N) is 1. The van der Waals surface area contributed by atoms with Crippen LogP contribution in [0.5, 0.6) is 0 Å². The van der Waals surface area contributed by atoms with E-state index in [9.17, 15) is 19.2 Å². The molecule has 36 heavy (non-hydrogen) atoms. The van der Waals surface area contributed by atoms with E-state index < -0.39 is 35.3 Å². The van der Waals surface area contributed by atoms with Crippen LogP contribution in [0.15, 0.2) is 30.3 Å². The molecule has 2 aliphatic rings. The van der Waals surface area contributed by atoms with Crippen LogP contribution in [0.25, 0.3) is 0 Å². The zero-order chi connectivity index (χ0) is 26.7. The molecule has 0 unspecified atom stereocenters. The van der Waals surface area contributed by atoms with Crippen LogP contribution < -0.4 is 10.6 Å². The summed E-state index contributed by atoms with van der Waals surface area (Å²) in [5.41, 5.74) is -0.390. The Morgan fingerprint density at radius 2 is 1.72 bits per heavy atom. The minimum absolute atomic E-state index is 0.103. The van der Waals surface area contributed by atoms with E-state index in [0.717, 1.165) is 5.56 Å². The van der Waals surface area contributed by atoms with Gasteiger partial charge in [0.05, 0.1) is 19.1 Å². The highest BCUT2D eigenvalue weighted by molar-refractivity contribution is 5.87. The molecule has 0 aromatic heterocycles. The van der Waals surface area contributed by atoms with Crippen molar-refractivity contribution in [2.45, 2.75) is 77.8 Å². The van der Waals surface area contributed by atoms with E-state index in [1.54, 1.807) is 20.8 Å². The van der Waals surface area contributed by atoms with Gasteiger partial charge < -0.3 is 24.8 Å². The van der Waals surface area contributed by atoms with Crippen LogP contribution in [0.2, 0.25) is 0 Å². The standard InChI is InChI=1S/C26H37N3O7/c1-25(2,3)36-24(33)29-14-17(27-23(32)35-15-16-10-8-7-9-11-16)12-19(29)21(30)28-20-13-18(22(31)34-6)26(20,4)5/h7-11,17-20H,12-15H2,1-6H3,(H,27,32)(H,28,30)/t17-,18+,19-,20+/m0/s1. The quantitative estimate of drug-likeness (QED) is 0.452. The van der Waals surface area contributed by atoms with Crippen molar-refractivity contribution < 1.29 is 33.4 Å². The number of likely N-dealkylation sites (tertiary alicyclic amines) is 1. The minimum atomic E-state index is -0.841. The molecule has 3 amide bonds. The number of ether oxygens (including phenoxy) is 3. The number of carbonyl (C=O) groups is 4. The number of carbonyl (C=O) groups excluding carboxylic acids is 4. The molecule has 1 aromatic carbocycles. The van der Waals surface area contributed by atoms with Crippen LogP contribution in [0.1, 0.15) is 53.0 Å². The summed E-state index contributed by atoms with van der Waals surface area (Å²) in [5.74, 6) is -0.976. The van der Waals surface area contributed by atoms with Crippen molar-refractivity contribution in [1.29, 1.82) is 0 Å². The van der Waals surface area contributed by atoms with Crippen LogP contribution in [-0.4, -0.2) is 66.3 Å². The summed E-state index contributed by atoms with van der Waals surface area (Å²) < 4.78 is 15.7. The Labute approximate surface area is 212 Å². The zero-order valence-electron chi connectivity index (χ0n) is 21.8. The number of amides is 3. The highest BCUT2D eigenvalue weighted by atomic mass is 16.6. The predicted molar refractivity (Wildman–Crippen MR) is 131 cm³/mol. The number of hydrogen-bond donors (Lipinski definition) is 2. The average Bonchev–Trinajstić information content (AvgIpc) is 3.23. The molecule has 198 valence electrons. The Morgan fingerprint density at radius 1 is 1.06 bits per heavy atom. The topological polar surface area (TPSA) is 123 Å². The number of rotatable bonds is 6. The zero-order valence-corrected chi connectivity index (χ0v) is 21.8. The smallest absolute Gasteiger partial charge is 0.411 e. The van der Waals surface area contributed by atoms with Gasteiger partial charge in [0.15, 0.2) is 0 Å². The number of methoxy groups -OCH3 is 1. The Bertz CT molecular complexity index is 973. The summed E-state index contributed by atoms with van der Waals surface area (Å²) in [6.07, 6.45) is -0.600. The maximum atomic E-state index is 13.3. The van der Waals surface area contributed by atoms with Gasteiger partial charge in [-0.2, -0.15) is 0 Å². The lowest BCUT2D eigenvalue weighted by molar-refractivity contribution is -0.160. The van der Waals surface area contributed by atoms with Crippen LogP contribution >= 0.6 is 0 Å². The predicted octanol–water partition coefficient (Wildman–Crippen LogP) is 2.99. The number of benzene rings is 1.